The number of rotatable bonds is 5. The molecule has 1 amide bonds. The van der Waals surface area contributed by atoms with Gasteiger partial charge in [0.05, 0.1) is 0 Å². The van der Waals surface area contributed by atoms with E-state index in [-0.39, 0.29) is 24.0 Å². The Labute approximate surface area is 212 Å². The molecule has 4 aromatic carbocycles. The fraction of sp³-hybridized carbons (Fsp3) is 0.133. The van der Waals surface area contributed by atoms with Crippen LogP contribution >= 0.6 is 0 Å². The van der Waals surface area contributed by atoms with E-state index in [1.54, 1.807) is 12.1 Å². The summed E-state index contributed by atoms with van der Waals surface area (Å²) in [6.07, 6.45) is -0.589. The Bertz CT molecular complexity index is 1610. The standard InChI is InChI=1S/C30H23F2N3O2/c1-15-10-17(29(33)34)2-3-19(15)14-35-30(36)18-5-8-23-25(12-18)28-24-11-16(4-7-22(24)27(23)37-28)21-9-6-20(31)13-26(21)32/h2-13,27-28H,14H2,1H3,(H3,33,34)(H,35,36)/t27-,28+/m0/s1. The minimum Gasteiger partial charge on any atom is -0.384 e. The molecular formula is C30H23F2N3O2. The third-order valence-corrected chi connectivity index (χ3v) is 7.17. The molecule has 5 nitrogen and oxygen atoms in total. The van der Waals surface area contributed by atoms with E-state index in [9.17, 15) is 13.6 Å². The molecule has 2 bridgehead atoms. The summed E-state index contributed by atoms with van der Waals surface area (Å²) in [4.78, 5) is 13.0. The van der Waals surface area contributed by atoms with Gasteiger partial charge in [-0.25, -0.2) is 8.78 Å². The number of benzene rings is 4. The van der Waals surface area contributed by atoms with Crippen molar-refractivity contribution >= 4 is 11.7 Å². The summed E-state index contributed by atoms with van der Waals surface area (Å²) in [6, 6.07) is 20.2. The predicted octanol–water partition coefficient (Wildman–Crippen LogP) is 5.68. The first-order valence-electron chi connectivity index (χ1n) is 11.9. The lowest BCUT2D eigenvalue weighted by atomic mass is 9.83. The van der Waals surface area contributed by atoms with Crippen molar-refractivity contribution < 1.29 is 18.3 Å². The van der Waals surface area contributed by atoms with Crippen molar-refractivity contribution in [2.45, 2.75) is 25.7 Å². The SMILES string of the molecule is Cc1cc(C(=N)N)ccc1CNC(=O)c1ccc2c(c1)[C@@H]1O[C@H]2c2ccc(-c3ccc(F)cc3F)cc21. The number of amidine groups is 1. The van der Waals surface area contributed by atoms with Crippen LogP contribution in [0, 0.1) is 24.0 Å². The van der Waals surface area contributed by atoms with Gasteiger partial charge in [0, 0.05) is 29.3 Å². The number of hydrogen-bond donors (Lipinski definition) is 3. The van der Waals surface area contributed by atoms with Crippen molar-refractivity contribution in [3.05, 3.63) is 129 Å². The fourth-order valence-corrected chi connectivity index (χ4v) is 5.22. The average Bonchev–Trinajstić information content (AvgIpc) is 3.44. The third-order valence-electron chi connectivity index (χ3n) is 7.17. The van der Waals surface area contributed by atoms with E-state index in [4.69, 9.17) is 15.9 Å². The van der Waals surface area contributed by atoms with E-state index in [0.717, 1.165) is 39.4 Å². The van der Waals surface area contributed by atoms with Crippen molar-refractivity contribution in [3.63, 3.8) is 0 Å². The van der Waals surface area contributed by atoms with Crippen LogP contribution in [0.5, 0.6) is 0 Å². The van der Waals surface area contributed by atoms with Crippen LogP contribution in [0.1, 0.15) is 61.5 Å². The van der Waals surface area contributed by atoms with Crippen molar-refractivity contribution in [3.8, 4) is 11.1 Å². The Hall–Kier alpha value is -4.36. The smallest absolute Gasteiger partial charge is 0.251 e. The summed E-state index contributed by atoms with van der Waals surface area (Å²) >= 11 is 0. The summed E-state index contributed by atoms with van der Waals surface area (Å²) in [7, 11) is 0. The van der Waals surface area contributed by atoms with Gasteiger partial charge in [0.2, 0.25) is 0 Å². The van der Waals surface area contributed by atoms with Crippen LogP contribution in [0.25, 0.3) is 11.1 Å². The number of nitrogens with one attached hydrogen (secondary N) is 2. The van der Waals surface area contributed by atoms with E-state index >= 15 is 0 Å². The van der Waals surface area contributed by atoms with Crippen LogP contribution in [0.2, 0.25) is 0 Å². The van der Waals surface area contributed by atoms with Crippen molar-refractivity contribution in [2.75, 3.05) is 0 Å². The molecule has 184 valence electrons. The molecule has 0 saturated heterocycles. The van der Waals surface area contributed by atoms with Crippen LogP contribution in [0.15, 0.2) is 72.8 Å². The summed E-state index contributed by atoms with van der Waals surface area (Å²) in [5.41, 5.74) is 13.5. The van der Waals surface area contributed by atoms with E-state index < -0.39 is 11.6 Å². The largest absolute Gasteiger partial charge is 0.384 e. The molecule has 2 aliphatic rings. The number of aryl methyl sites for hydroxylation is 1. The third kappa shape index (κ3) is 3.88. The Morgan fingerprint density at radius 3 is 2.32 bits per heavy atom. The van der Waals surface area contributed by atoms with Gasteiger partial charge in [-0.2, -0.15) is 0 Å². The summed E-state index contributed by atoms with van der Waals surface area (Å²) in [6.45, 7) is 2.26. The van der Waals surface area contributed by atoms with Crippen LogP contribution in [-0.4, -0.2) is 11.7 Å². The first-order valence-corrected chi connectivity index (χ1v) is 11.9. The van der Waals surface area contributed by atoms with Gasteiger partial charge in [-0.1, -0.05) is 30.3 Å². The molecule has 0 aliphatic carbocycles. The monoisotopic (exact) mass is 495 g/mol. The maximum Gasteiger partial charge on any atom is 0.251 e. The van der Waals surface area contributed by atoms with Crippen molar-refractivity contribution in [2.24, 2.45) is 5.73 Å². The second-order valence-electron chi connectivity index (χ2n) is 9.45. The van der Waals surface area contributed by atoms with E-state index in [0.29, 0.717) is 28.8 Å². The molecule has 0 saturated carbocycles. The number of carbonyl (C=O) groups excluding carboxylic acids is 1. The lowest BCUT2D eigenvalue weighted by Crippen LogP contribution is -2.23. The molecular weight excluding hydrogens is 472 g/mol. The zero-order chi connectivity index (χ0) is 25.8. The Balaban J connectivity index is 1.24. The van der Waals surface area contributed by atoms with Gasteiger partial charge in [-0.3, -0.25) is 10.2 Å². The number of ether oxygens (including phenoxy) is 1. The minimum atomic E-state index is -0.618. The number of amides is 1. The number of carbonyl (C=O) groups is 1. The second kappa shape index (κ2) is 8.64. The zero-order valence-electron chi connectivity index (χ0n) is 19.9. The summed E-state index contributed by atoms with van der Waals surface area (Å²) < 4.78 is 34.0. The first-order chi connectivity index (χ1) is 17.8. The van der Waals surface area contributed by atoms with Crippen LogP contribution in [0.3, 0.4) is 0 Å². The number of fused-ring (bicyclic) bond motifs is 8. The minimum absolute atomic E-state index is 0.00448. The second-order valence-corrected chi connectivity index (χ2v) is 9.45. The molecule has 4 aromatic rings. The lowest BCUT2D eigenvalue weighted by Gasteiger charge is -2.18. The summed E-state index contributed by atoms with van der Waals surface area (Å²) in [5.74, 6) is -1.44. The lowest BCUT2D eigenvalue weighted by molar-refractivity contribution is 0.0857. The Morgan fingerprint density at radius 1 is 0.892 bits per heavy atom. The normalized spacial score (nSPS) is 16.8. The highest BCUT2D eigenvalue weighted by Crippen LogP contribution is 2.54. The number of hydrogen-bond acceptors (Lipinski definition) is 3. The number of nitrogen functional groups attached to an aromatic ring is 1. The van der Waals surface area contributed by atoms with E-state index in [1.165, 1.54) is 12.1 Å². The Morgan fingerprint density at radius 2 is 1.59 bits per heavy atom. The fourth-order valence-electron chi connectivity index (χ4n) is 5.22. The maximum atomic E-state index is 14.4. The molecule has 7 heteroatoms. The Kier molecular flexibility index (Phi) is 5.38. The van der Waals surface area contributed by atoms with Crippen molar-refractivity contribution in [1.82, 2.24) is 5.32 Å². The van der Waals surface area contributed by atoms with E-state index in [2.05, 4.69) is 5.32 Å². The van der Waals surface area contributed by atoms with Gasteiger partial charge in [0.1, 0.15) is 29.7 Å². The average molecular weight is 496 g/mol. The molecule has 0 fully saturated rings. The molecule has 0 spiro atoms. The highest BCUT2D eigenvalue weighted by Gasteiger charge is 2.43. The maximum absolute atomic E-state index is 14.4. The van der Waals surface area contributed by atoms with Gasteiger partial charge < -0.3 is 15.8 Å². The molecule has 0 aromatic heterocycles. The summed E-state index contributed by atoms with van der Waals surface area (Å²) in [5, 5.41) is 10.5. The molecule has 2 aliphatic heterocycles. The van der Waals surface area contributed by atoms with Crippen molar-refractivity contribution in [1.29, 1.82) is 5.41 Å². The molecule has 2 atom stereocenters. The van der Waals surface area contributed by atoms with Gasteiger partial charge >= 0.3 is 0 Å². The number of nitrogens with two attached hydrogens (primary N) is 1. The van der Waals surface area contributed by atoms with Crippen LogP contribution in [-0.2, 0) is 11.3 Å². The number of halogens is 2. The molecule has 0 radical (unpaired) electrons. The zero-order valence-corrected chi connectivity index (χ0v) is 19.9. The van der Waals surface area contributed by atoms with E-state index in [1.807, 2.05) is 49.4 Å². The molecule has 37 heavy (non-hydrogen) atoms. The van der Waals surface area contributed by atoms with Crippen LogP contribution < -0.4 is 11.1 Å². The molecule has 4 N–H and O–H groups in total. The molecule has 0 unspecified atom stereocenters. The highest BCUT2D eigenvalue weighted by molar-refractivity contribution is 5.95. The predicted molar refractivity (Wildman–Crippen MR) is 136 cm³/mol. The first kappa shape index (κ1) is 23.1. The van der Waals surface area contributed by atoms with Gasteiger partial charge in [-0.15, -0.1) is 0 Å². The van der Waals surface area contributed by atoms with Gasteiger partial charge in [0.15, 0.2) is 0 Å². The molecule has 6 rings (SSSR count). The molecule has 2 heterocycles. The van der Waals surface area contributed by atoms with Crippen LogP contribution in [0.4, 0.5) is 8.78 Å². The van der Waals surface area contributed by atoms with Gasteiger partial charge in [-0.05, 0) is 82.3 Å². The quantitative estimate of drug-likeness (QED) is 0.246. The topological polar surface area (TPSA) is 88.2 Å². The highest BCUT2D eigenvalue weighted by atomic mass is 19.1. The van der Waals surface area contributed by atoms with Gasteiger partial charge in [0.25, 0.3) is 5.91 Å².